The molecule has 0 unspecified atom stereocenters. The highest BCUT2D eigenvalue weighted by atomic mass is 35.5. The molecule has 174 valence electrons. The molecule has 1 heterocycles. The Kier molecular flexibility index (Phi) is 8.40. The van der Waals surface area contributed by atoms with Gasteiger partial charge in [0.15, 0.2) is 11.0 Å². The lowest BCUT2D eigenvalue weighted by atomic mass is 10.0. The van der Waals surface area contributed by atoms with Crippen LogP contribution in [0.2, 0.25) is 10.0 Å². The summed E-state index contributed by atoms with van der Waals surface area (Å²) in [5.41, 5.74) is 2.11. The van der Waals surface area contributed by atoms with Crippen LogP contribution in [0.5, 0.6) is 0 Å². The molecule has 2 N–H and O–H groups in total. The molecule has 0 fully saturated rings. The average molecular weight is 506 g/mol. The number of halogens is 2. The van der Waals surface area contributed by atoms with Gasteiger partial charge in [0, 0.05) is 17.8 Å². The van der Waals surface area contributed by atoms with Gasteiger partial charge in [0.25, 0.3) is 5.91 Å². The summed E-state index contributed by atoms with van der Waals surface area (Å²) in [7, 11) is 1.81. The number of benzene rings is 2. The van der Waals surface area contributed by atoms with Crippen molar-refractivity contribution in [2.24, 2.45) is 13.0 Å². The first kappa shape index (κ1) is 25.1. The van der Waals surface area contributed by atoms with Crippen molar-refractivity contribution in [1.29, 1.82) is 0 Å². The number of carbonyl (C=O) groups is 2. The molecule has 0 saturated heterocycles. The van der Waals surface area contributed by atoms with Crippen LogP contribution in [0.25, 0.3) is 0 Å². The molecule has 2 amide bonds. The molecule has 0 aliphatic heterocycles. The Balaban J connectivity index is 1.69. The van der Waals surface area contributed by atoms with Crippen LogP contribution >= 0.6 is 35.0 Å². The van der Waals surface area contributed by atoms with Gasteiger partial charge in [-0.2, -0.15) is 0 Å². The third-order valence-corrected chi connectivity index (χ3v) is 6.60. The maximum Gasteiger partial charge on any atom is 0.253 e. The van der Waals surface area contributed by atoms with Crippen LogP contribution < -0.4 is 10.6 Å². The summed E-state index contributed by atoms with van der Waals surface area (Å²) >= 11 is 13.4. The third kappa shape index (κ3) is 6.28. The van der Waals surface area contributed by atoms with Gasteiger partial charge in [0.1, 0.15) is 0 Å². The third-order valence-electron chi connectivity index (χ3n) is 5.03. The largest absolute Gasteiger partial charge is 0.342 e. The minimum atomic E-state index is -0.406. The number of hydrogen-bond donors (Lipinski definition) is 2. The molecule has 1 aromatic heterocycles. The van der Waals surface area contributed by atoms with Gasteiger partial charge in [-0.3, -0.25) is 9.59 Å². The Morgan fingerprint density at radius 3 is 2.52 bits per heavy atom. The van der Waals surface area contributed by atoms with Crippen molar-refractivity contribution in [3.8, 4) is 0 Å². The number of para-hydroxylation sites is 1. The number of nitrogens with zero attached hydrogens (tertiary/aromatic N) is 3. The quantitative estimate of drug-likeness (QED) is 0.406. The van der Waals surface area contributed by atoms with E-state index >= 15 is 0 Å². The fraction of sp³-hybridized carbons (Fsp3) is 0.304. The smallest absolute Gasteiger partial charge is 0.253 e. The van der Waals surface area contributed by atoms with Crippen molar-refractivity contribution in [2.45, 2.75) is 32.0 Å². The lowest BCUT2D eigenvalue weighted by molar-refractivity contribution is -0.113. The second-order valence-corrected chi connectivity index (χ2v) is 9.66. The van der Waals surface area contributed by atoms with Gasteiger partial charge in [-0.25, -0.2) is 0 Å². The molecular weight excluding hydrogens is 481 g/mol. The Morgan fingerprint density at radius 1 is 1.12 bits per heavy atom. The van der Waals surface area contributed by atoms with Crippen molar-refractivity contribution < 1.29 is 9.59 Å². The Hall–Kier alpha value is -2.55. The molecule has 10 heteroatoms. The molecule has 33 heavy (non-hydrogen) atoms. The number of aryl methyl sites for hydroxylation is 1. The maximum atomic E-state index is 12.8. The summed E-state index contributed by atoms with van der Waals surface area (Å²) in [5, 5.41) is 15.7. The lowest BCUT2D eigenvalue weighted by Crippen LogP contribution is -2.33. The summed E-state index contributed by atoms with van der Waals surface area (Å²) in [6.07, 6.45) is 0. The van der Waals surface area contributed by atoms with E-state index in [1.165, 1.54) is 17.8 Å². The second kappa shape index (κ2) is 11.0. The summed E-state index contributed by atoms with van der Waals surface area (Å²) < 4.78 is 1.79. The molecule has 0 spiro atoms. The van der Waals surface area contributed by atoms with Crippen LogP contribution in [0, 0.1) is 12.8 Å². The second-order valence-electron chi connectivity index (χ2n) is 7.87. The van der Waals surface area contributed by atoms with Gasteiger partial charge in [-0.1, -0.05) is 67.0 Å². The van der Waals surface area contributed by atoms with E-state index < -0.39 is 6.04 Å². The fourth-order valence-corrected chi connectivity index (χ4v) is 4.39. The van der Waals surface area contributed by atoms with Crippen LogP contribution in [0.1, 0.15) is 41.6 Å². The van der Waals surface area contributed by atoms with E-state index in [0.29, 0.717) is 21.6 Å². The Labute approximate surface area is 207 Å². The number of rotatable bonds is 8. The molecule has 3 aromatic rings. The number of carbonyl (C=O) groups excluding carboxylic acids is 2. The van der Waals surface area contributed by atoms with E-state index in [0.717, 1.165) is 11.3 Å². The van der Waals surface area contributed by atoms with Crippen molar-refractivity contribution in [1.82, 2.24) is 20.1 Å². The molecule has 0 radical (unpaired) electrons. The molecule has 0 aliphatic carbocycles. The van der Waals surface area contributed by atoms with Crippen LogP contribution in [0.3, 0.4) is 0 Å². The number of anilines is 1. The number of aromatic nitrogens is 3. The predicted octanol–water partition coefficient (Wildman–Crippen LogP) is 5.29. The maximum absolute atomic E-state index is 12.8. The number of thioether (sulfide) groups is 1. The highest BCUT2D eigenvalue weighted by Gasteiger charge is 2.26. The zero-order valence-corrected chi connectivity index (χ0v) is 21.1. The van der Waals surface area contributed by atoms with Crippen LogP contribution in [0.4, 0.5) is 5.69 Å². The first-order chi connectivity index (χ1) is 15.7. The monoisotopic (exact) mass is 505 g/mol. The molecule has 7 nitrogen and oxygen atoms in total. The van der Waals surface area contributed by atoms with Crippen LogP contribution in [-0.4, -0.2) is 32.3 Å². The molecule has 2 aromatic carbocycles. The first-order valence-corrected chi connectivity index (χ1v) is 12.0. The van der Waals surface area contributed by atoms with Crippen molar-refractivity contribution in [3.63, 3.8) is 0 Å². The minimum absolute atomic E-state index is 0.0325. The van der Waals surface area contributed by atoms with E-state index in [2.05, 4.69) is 20.8 Å². The van der Waals surface area contributed by atoms with E-state index in [4.69, 9.17) is 23.2 Å². The molecule has 3 rings (SSSR count). The predicted molar refractivity (Wildman–Crippen MR) is 133 cm³/mol. The summed E-state index contributed by atoms with van der Waals surface area (Å²) in [6, 6.07) is 11.9. The number of nitrogens with one attached hydrogen (secondary N) is 2. The Bertz CT molecular complexity index is 1170. The molecule has 1 atom stereocenters. The topological polar surface area (TPSA) is 88.9 Å². The SMILES string of the molecule is Cc1ccccc1NC(=O)CSc1nnc([C@@H](NC(=O)c2ccc(Cl)cc2Cl)C(C)C)n1C. The van der Waals surface area contributed by atoms with Crippen molar-refractivity contribution in [3.05, 3.63) is 69.5 Å². The van der Waals surface area contributed by atoms with Crippen molar-refractivity contribution in [2.75, 3.05) is 11.1 Å². The van der Waals surface area contributed by atoms with Gasteiger partial charge in [-0.15, -0.1) is 10.2 Å². The Morgan fingerprint density at radius 2 is 1.85 bits per heavy atom. The van der Waals surface area contributed by atoms with E-state index in [-0.39, 0.29) is 28.5 Å². The van der Waals surface area contributed by atoms with Gasteiger partial charge < -0.3 is 15.2 Å². The average Bonchev–Trinajstić information content (AvgIpc) is 3.11. The zero-order valence-electron chi connectivity index (χ0n) is 18.7. The van der Waals surface area contributed by atoms with E-state index in [1.807, 2.05) is 52.1 Å². The van der Waals surface area contributed by atoms with Gasteiger partial charge in [0.05, 0.1) is 22.4 Å². The highest BCUT2D eigenvalue weighted by molar-refractivity contribution is 7.99. The van der Waals surface area contributed by atoms with Crippen molar-refractivity contribution >= 4 is 52.5 Å². The van der Waals surface area contributed by atoms with Crippen LogP contribution in [-0.2, 0) is 11.8 Å². The summed E-state index contributed by atoms with van der Waals surface area (Å²) in [4.78, 5) is 25.2. The fourth-order valence-electron chi connectivity index (χ4n) is 3.17. The standard InChI is InChI=1S/C23H25Cl2N5O2S/c1-13(2)20(27-22(32)16-10-9-15(24)11-17(16)25)21-28-29-23(30(21)4)33-12-19(31)26-18-8-6-5-7-14(18)3/h5-11,13,20H,12H2,1-4H3,(H,26,31)(H,27,32)/t20-/m0/s1. The molecule has 0 saturated carbocycles. The van der Waals surface area contributed by atoms with Gasteiger partial charge >= 0.3 is 0 Å². The highest BCUT2D eigenvalue weighted by Crippen LogP contribution is 2.26. The normalized spacial score (nSPS) is 12.0. The lowest BCUT2D eigenvalue weighted by Gasteiger charge is -2.22. The zero-order chi connectivity index (χ0) is 24.1. The van der Waals surface area contributed by atoms with Gasteiger partial charge in [-0.05, 0) is 42.7 Å². The van der Waals surface area contributed by atoms with Crippen LogP contribution in [0.15, 0.2) is 47.6 Å². The first-order valence-electron chi connectivity index (χ1n) is 10.3. The number of amides is 2. The summed E-state index contributed by atoms with van der Waals surface area (Å²) in [5.74, 6) is 0.338. The summed E-state index contributed by atoms with van der Waals surface area (Å²) in [6.45, 7) is 5.90. The molecular formula is C23H25Cl2N5O2S. The number of hydrogen-bond acceptors (Lipinski definition) is 5. The van der Waals surface area contributed by atoms with Gasteiger partial charge in [0.2, 0.25) is 5.91 Å². The molecule has 0 bridgehead atoms. The minimum Gasteiger partial charge on any atom is -0.342 e. The van der Waals surface area contributed by atoms with E-state index in [1.54, 1.807) is 16.7 Å². The molecule has 0 aliphatic rings. The van der Waals surface area contributed by atoms with E-state index in [9.17, 15) is 9.59 Å².